The molecule has 0 spiro atoms. The molecule has 0 amide bonds. The van der Waals surface area contributed by atoms with Crippen LogP contribution < -0.4 is 0 Å². The van der Waals surface area contributed by atoms with Crippen molar-refractivity contribution in [3.8, 4) is 0 Å². The van der Waals surface area contributed by atoms with Gasteiger partial charge in [-0.2, -0.15) is 0 Å². The van der Waals surface area contributed by atoms with E-state index < -0.39 is 15.0 Å². The highest BCUT2D eigenvalue weighted by atomic mass is 79.9. The van der Waals surface area contributed by atoms with Crippen LogP contribution in [0, 0.1) is 0 Å². The Morgan fingerprint density at radius 3 is 2.55 bits per heavy atom. The minimum atomic E-state index is -3.90. The van der Waals surface area contributed by atoms with Gasteiger partial charge in [-0.25, -0.2) is 13.2 Å². The Balaban J connectivity index is 2.19. The maximum atomic E-state index is 12.0. The number of hydrogen-bond donors (Lipinski definition) is 0. The van der Waals surface area contributed by atoms with Crippen LogP contribution in [-0.4, -0.2) is 33.7 Å². The fourth-order valence-corrected chi connectivity index (χ4v) is 3.28. The molecule has 1 saturated heterocycles. The first kappa shape index (κ1) is 15.8. The first-order valence-electron chi connectivity index (χ1n) is 5.90. The van der Waals surface area contributed by atoms with Crippen molar-refractivity contribution in [2.45, 2.75) is 23.8 Å². The topological polar surface area (TPSA) is 69.7 Å². The second-order valence-corrected chi connectivity index (χ2v) is 7.81. The second-order valence-electron chi connectivity index (χ2n) is 4.33. The second kappa shape index (κ2) is 6.43. The quantitative estimate of drug-likeness (QED) is 0.593. The number of hydrogen-bond acceptors (Lipinski definition) is 5. The monoisotopic (exact) mass is 382 g/mol. The van der Waals surface area contributed by atoms with Crippen LogP contribution >= 0.6 is 26.6 Å². The smallest absolute Gasteiger partial charge is 0.338 e. The van der Waals surface area contributed by atoms with E-state index in [1.54, 1.807) is 0 Å². The minimum absolute atomic E-state index is 0.144. The number of esters is 1. The van der Waals surface area contributed by atoms with Crippen molar-refractivity contribution < 1.29 is 22.7 Å². The minimum Gasteiger partial charge on any atom is -0.459 e. The molecule has 1 aliphatic rings. The molecular weight excluding hydrogens is 372 g/mol. The maximum Gasteiger partial charge on any atom is 0.338 e. The van der Waals surface area contributed by atoms with Gasteiger partial charge in [0.05, 0.1) is 23.7 Å². The molecule has 2 rings (SSSR count). The number of ether oxygens (including phenoxy) is 2. The molecule has 1 aromatic rings. The molecule has 1 aromatic carbocycles. The molecule has 1 heterocycles. The predicted octanol–water partition coefficient (Wildman–Crippen LogP) is 2.71. The van der Waals surface area contributed by atoms with Crippen molar-refractivity contribution >= 4 is 41.6 Å². The van der Waals surface area contributed by atoms with Gasteiger partial charge in [0.15, 0.2) is 0 Å². The van der Waals surface area contributed by atoms with Gasteiger partial charge in [-0.1, -0.05) is 15.9 Å². The molecule has 1 fully saturated rings. The van der Waals surface area contributed by atoms with Crippen molar-refractivity contribution in [3.05, 3.63) is 28.2 Å². The summed E-state index contributed by atoms with van der Waals surface area (Å²) in [5.41, 5.74) is 0.144. The van der Waals surface area contributed by atoms with Gasteiger partial charge >= 0.3 is 5.97 Å². The van der Waals surface area contributed by atoms with E-state index >= 15 is 0 Å². The summed E-state index contributed by atoms with van der Waals surface area (Å²) in [6.45, 7) is 1.11. The molecule has 0 aliphatic carbocycles. The number of carbonyl (C=O) groups excluding carboxylic acids is 1. The number of benzene rings is 1. The Morgan fingerprint density at radius 2 is 1.95 bits per heavy atom. The molecule has 0 aromatic heterocycles. The van der Waals surface area contributed by atoms with E-state index in [4.69, 9.17) is 20.2 Å². The lowest BCUT2D eigenvalue weighted by atomic mass is 10.1. The van der Waals surface area contributed by atoms with Gasteiger partial charge in [0.25, 0.3) is 9.05 Å². The molecule has 20 heavy (non-hydrogen) atoms. The molecule has 0 N–H and O–H groups in total. The molecule has 5 nitrogen and oxygen atoms in total. The van der Waals surface area contributed by atoms with Crippen molar-refractivity contribution in [2.75, 3.05) is 13.2 Å². The Kier molecular flexibility index (Phi) is 5.06. The van der Waals surface area contributed by atoms with Crippen LogP contribution in [0.15, 0.2) is 27.6 Å². The zero-order valence-corrected chi connectivity index (χ0v) is 13.5. The summed E-state index contributed by atoms with van der Waals surface area (Å²) in [4.78, 5) is 11.9. The highest BCUT2D eigenvalue weighted by Gasteiger charge is 2.21. The number of halogens is 2. The average Bonchev–Trinajstić information content (AvgIpc) is 2.38. The van der Waals surface area contributed by atoms with Gasteiger partial charge in [0.1, 0.15) is 6.10 Å². The van der Waals surface area contributed by atoms with Gasteiger partial charge < -0.3 is 9.47 Å². The summed E-state index contributed by atoms with van der Waals surface area (Å²) in [6, 6.07) is 4.02. The summed E-state index contributed by atoms with van der Waals surface area (Å²) in [5.74, 6) is -0.570. The molecule has 1 aliphatic heterocycles. The molecule has 0 radical (unpaired) electrons. The Bertz CT molecular complexity index is 610. The molecule has 0 bridgehead atoms. The molecule has 8 heteroatoms. The van der Waals surface area contributed by atoms with Crippen LogP contribution in [0.4, 0.5) is 0 Å². The third-order valence-electron chi connectivity index (χ3n) is 2.83. The van der Waals surface area contributed by atoms with Gasteiger partial charge in [-0.15, -0.1) is 0 Å². The largest absolute Gasteiger partial charge is 0.459 e. The molecule has 0 saturated carbocycles. The predicted molar refractivity (Wildman–Crippen MR) is 76.4 cm³/mol. The first-order chi connectivity index (χ1) is 9.36. The molecule has 0 unspecified atom stereocenters. The van der Waals surface area contributed by atoms with Crippen LogP contribution in [0.25, 0.3) is 0 Å². The van der Waals surface area contributed by atoms with E-state index in [2.05, 4.69) is 15.9 Å². The van der Waals surface area contributed by atoms with Crippen LogP contribution in [0.2, 0.25) is 0 Å². The van der Waals surface area contributed by atoms with Crippen molar-refractivity contribution in [3.63, 3.8) is 0 Å². The van der Waals surface area contributed by atoms with Gasteiger partial charge in [0, 0.05) is 28.0 Å². The molecule has 110 valence electrons. The lowest BCUT2D eigenvalue weighted by Gasteiger charge is -2.22. The number of rotatable bonds is 3. The first-order valence-corrected chi connectivity index (χ1v) is 9.00. The van der Waals surface area contributed by atoms with Crippen molar-refractivity contribution in [1.29, 1.82) is 0 Å². The fourth-order valence-electron chi connectivity index (χ4n) is 1.83. The van der Waals surface area contributed by atoms with Crippen molar-refractivity contribution in [1.82, 2.24) is 0 Å². The van der Waals surface area contributed by atoms with Crippen LogP contribution in [-0.2, 0) is 18.5 Å². The van der Waals surface area contributed by atoms with E-state index in [1.165, 1.54) is 18.2 Å². The fraction of sp³-hybridized carbons (Fsp3) is 0.417. The lowest BCUT2D eigenvalue weighted by Crippen LogP contribution is -2.26. The van der Waals surface area contributed by atoms with E-state index in [9.17, 15) is 13.2 Å². The van der Waals surface area contributed by atoms with Crippen LogP contribution in [0.3, 0.4) is 0 Å². The van der Waals surface area contributed by atoms with E-state index in [0.29, 0.717) is 30.5 Å². The Labute approximate surface area is 129 Å². The van der Waals surface area contributed by atoms with Crippen molar-refractivity contribution in [2.24, 2.45) is 0 Å². The van der Waals surface area contributed by atoms with Gasteiger partial charge in [0.2, 0.25) is 0 Å². The third-order valence-corrected chi connectivity index (χ3v) is 4.62. The SMILES string of the molecule is O=C(OC1CCOCC1)c1cc(Br)cc(S(=O)(=O)Cl)c1. The summed E-state index contributed by atoms with van der Waals surface area (Å²) in [5, 5.41) is 0. The lowest BCUT2D eigenvalue weighted by molar-refractivity contribution is -0.0159. The highest BCUT2D eigenvalue weighted by Crippen LogP contribution is 2.23. The zero-order chi connectivity index (χ0) is 14.8. The summed E-state index contributed by atoms with van der Waals surface area (Å²) < 4.78 is 33.6. The third kappa shape index (κ3) is 4.18. The van der Waals surface area contributed by atoms with Gasteiger partial charge in [-0.05, 0) is 18.2 Å². The highest BCUT2D eigenvalue weighted by molar-refractivity contribution is 9.10. The Hall–Kier alpha value is -0.630. The maximum absolute atomic E-state index is 12.0. The average molecular weight is 384 g/mol. The van der Waals surface area contributed by atoms with Crippen LogP contribution in [0.1, 0.15) is 23.2 Å². The van der Waals surface area contributed by atoms with Gasteiger partial charge in [-0.3, -0.25) is 0 Å². The van der Waals surface area contributed by atoms with E-state index in [0.717, 1.165) is 0 Å². The molecular formula is C12H12BrClO5S. The van der Waals surface area contributed by atoms with Crippen LogP contribution in [0.5, 0.6) is 0 Å². The summed E-state index contributed by atoms with van der Waals surface area (Å²) in [7, 11) is 1.38. The Morgan fingerprint density at radius 1 is 1.30 bits per heavy atom. The normalized spacial score (nSPS) is 16.9. The number of carbonyl (C=O) groups is 1. The summed E-state index contributed by atoms with van der Waals surface area (Å²) >= 11 is 3.15. The standard InChI is InChI=1S/C12H12BrClO5S/c13-9-5-8(6-11(7-9)20(14,16)17)12(15)19-10-1-3-18-4-2-10/h5-7,10H,1-4H2. The molecule has 0 atom stereocenters. The zero-order valence-electron chi connectivity index (χ0n) is 10.3. The van der Waals surface area contributed by atoms with E-state index in [-0.39, 0.29) is 16.6 Å². The summed E-state index contributed by atoms with van der Waals surface area (Å²) in [6.07, 6.45) is 1.08. The van der Waals surface area contributed by atoms with E-state index in [1.807, 2.05) is 0 Å².